The summed E-state index contributed by atoms with van der Waals surface area (Å²) in [4.78, 5) is 8.10. The first-order valence-electron chi connectivity index (χ1n) is 6.63. The van der Waals surface area contributed by atoms with E-state index in [0.717, 1.165) is 18.7 Å². The van der Waals surface area contributed by atoms with E-state index in [1.165, 1.54) is 32.2 Å². The molecule has 1 aliphatic heterocycles. The molecule has 1 atom stereocenters. The lowest BCUT2D eigenvalue weighted by Crippen LogP contribution is -2.33. The summed E-state index contributed by atoms with van der Waals surface area (Å²) in [5, 5.41) is 3.97. The molecule has 1 N–H and O–H groups in total. The van der Waals surface area contributed by atoms with E-state index < -0.39 is 0 Å². The fourth-order valence-electron chi connectivity index (χ4n) is 2.22. The summed E-state index contributed by atoms with van der Waals surface area (Å²) in [6.45, 7) is 2.37. The Balaban J connectivity index is 0.00000180. The van der Waals surface area contributed by atoms with Crippen molar-refractivity contribution < 1.29 is 4.74 Å². The fourth-order valence-corrected chi connectivity index (χ4v) is 2.38. The van der Waals surface area contributed by atoms with Crippen LogP contribution >= 0.6 is 24.0 Å². The molecule has 2 rings (SSSR count). The van der Waals surface area contributed by atoms with Crippen LogP contribution in [-0.2, 0) is 11.3 Å². The van der Waals surface area contributed by atoms with Crippen molar-refractivity contribution in [2.24, 2.45) is 0 Å². The van der Waals surface area contributed by atoms with E-state index >= 15 is 0 Å². The van der Waals surface area contributed by atoms with Crippen LogP contribution in [0.3, 0.4) is 0 Å². The molecule has 6 heteroatoms. The third-order valence-electron chi connectivity index (χ3n) is 3.22. The number of hydrogen-bond donors (Lipinski definition) is 1. The van der Waals surface area contributed by atoms with Crippen molar-refractivity contribution >= 4 is 24.0 Å². The largest absolute Gasteiger partial charge is 0.375 e. The van der Waals surface area contributed by atoms with Gasteiger partial charge in [0.05, 0.1) is 6.61 Å². The van der Waals surface area contributed by atoms with Crippen molar-refractivity contribution in [3.05, 3.63) is 23.2 Å². The number of ether oxygens (including phenoxy) is 1. The average molecular weight is 306 g/mol. The summed E-state index contributed by atoms with van der Waals surface area (Å²) in [6, 6.07) is 0.683. The standard InChI is InChI=1S/C13H20ClN3O.ClH/c14-13-12(16-7-8-17-13)10-18-9-3-5-11-4-1-2-6-15-11;/h7-8,11,15H,1-6,9-10H2;1H. The maximum atomic E-state index is 5.90. The molecule has 0 saturated carbocycles. The van der Waals surface area contributed by atoms with Gasteiger partial charge in [-0.2, -0.15) is 0 Å². The Morgan fingerprint density at radius 2 is 2.16 bits per heavy atom. The van der Waals surface area contributed by atoms with Gasteiger partial charge in [0.2, 0.25) is 0 Å². The highest BCUT2D eigenvalue weighted by Gasteiger charge is 2.11. The van der Waals surface area contributed by atoms with Gasteiger partial charge < -0.3 is 10.1 Å². The Labute approximate surface area is 125 Å². The van der Waals surface area contributed by atoms with Gasteiger partial charge in [0.1, 0.15) is 5.69 Å². The molecule has 1 aromatic rings. The molecule has 1 saturated heterocycles. The van der Waals surface area contributed by atoms with E-state index in [9.17, 15) is 0 Å². The van der Waals surface area contributed by atoms with Gasteiger partial charge in [-0.1, -0.05) is 18.0 Å². The SMILES string of the molecule is Cl.Clc1nccnc1COCCCC1CCCCN1. The summed E-state index contributed by atoms with van der Waals surface area (Å²) < 4.78 is 5.58. The lowest BCUT2D eigenvalue weighted by Gasteiger charge is -2.23. The summed E-state index contributed by atoms with van der Waals surface area (Å²) in [5.74, 6) is 0. The Bertz CT molecular complexity index is 359. The van der Waals surface area contributed by atoms with Gasteiger partial charge in [0, 0.05) is 25.0 Å². The summed E-state index contributed by atoms with van der Waals surface area (Å²) in [6.07, 6.45) is 9.46. The van der Waals surface area contributed by atoms with Crippen LogP contribution in [0.15, 0.2) is 12.4 Å². The highest BCUT2D eigenvalue weighted by Crippen LogP contribution is 2.13. The average Bonchev–Trinajstić information content (AvgIpc) is 2.42. The molecule has 0 spiro atoms. The summed E-state index contributed by atoms with van der Waals surface area (Å²) in [7, 11) is 0. The smallest absolute Gasteiger partial charge is 0.152 e. The minimum Gasteiger partial charge on any atom is -0.375 e. The third-order valence-corrected chi connectivity index (χ3v) is 3.53. The fraction of sp³-hybridized carbons (Fsp3) is 0.692. The number of nitrogens with one attached hydrogen (secondary N) is 1. The molecule has 108 valence electrons. The molecule has 0 radical (unpaired) electrons. The molecule has 1 aliphatic rings. The van der Waals surface area contributed by atoms with Crippen LogP contribution in [0.4, 0.5) is 0 Å². The quantitative estimate of drug-likeness (QED) is 0.821. The van der Waals surface area contributed by atoms with Crippen molar-refractivity contribution in [1.82, 2.24) is 15.3 Å². The zero-order chi connectivity index (χ0) is 12.6. The lowest BCUT2D eigenvalue weighted by molar-refractivity contribution is 0.111. The molecule has 4 nitrogen and oxygen atoms in total. The van der Waals surface area contributed by atoms with Crippen LogP contribution in [-0.4, -0.2) is 29.2 Å². The highest BCUT2D eigenvalue weighted by molar-refractivity contribution is 6.29. The molecule has 1 aromatic heterocycles. The zero-order valence-electron chi connectivity index (χ0n) is 11.0. The van der Waals surface area contributed by atoms with Crippen LogP contribution in [0.2, 0.25) is 5.15 Å². The van der Waals surface area contributed by atoms with Crippen LogP contribution < -0.4 is 5.32 Å². The number of rotatable bonds is 6. The number of halogens is 2. The Hall–Kier alpha value is -0.420. The second kappa shape index (κ2) is 9.48. The van der Waals surface area contributed by atoms with Crippen LogP contribution in [0.1, 0.15) is 37.8 Å². The van der Waals surface area contributed by atoms with Crippen molar-refractivity contribution in [2.45, 2.75) is 44.8 Å². The molecular weight excluding hydrogens is 285 g/mol. The predicted octanol–water partition coefficient (Wildman–Crippen LogP) is 2.99. The summed E-state index contributed by atoms with van der Waals surface area (Å²) >= 11 is 5.90. The van der Waals surface area contributed by atoms with E-state index in [4.69, 9.17) is 16.3 Å². The molecule has 19 heavy (non-hydrogen) atoms. The van der Waals surface area contributed by atoms with Crippen LogP contribution in [0, 0.1) is 0 Å². The van der Waals surface area contributed by atoms with E-state index in [2.05, 4.69) is 15.3 Å². The van der Waals surface area contributed by atoms with Crippen LogP contribution in [0.25, 0.3) is 0 Å². The topological polar surface area (TPSA) is 47.0 Å². The monoisotopic (exact) mass is 305 g/mol. The maximum absolute atomic E-state index is 5.90. The molecular formula is C13H21Cl2N3O. The van der Waals surface area contributed by atoms with Gasteiger partial charge in [0.15, 0.2) is 5.15 Å². The molecule has 1 fully saturated rings. The predicted molar refractivity (Wildman–Crippen MR) is 78.8 cm³/mol. The van der Waals surface area contributed by atoms with Gasteiger partial charge in [-0.15, -0.1) is 12.4 Å². The minimum absolute atomic E-state index is 0. The van der Waals surface area contributed by atoms with Gasteiger partial charge >= 0.3 is 0 Å². The van der Waals surface area contributed by atoms with Crippen LogP contribution in [0.5, 0.6) is 0 Å². The molecule has 0 aromatic carbocycles. The van der Waals surface area contributed by atoms with E-state index in [0.29, 0.717) is 17.8 Å². The highest BCUT2D eigenvalue weighted by atomic mass is 35.5. The van der Waals surface area contributed by atoms with Crippen molar-refractivity contribution in [3.8, 4) is 0 Å². The lowest BCUT2D eigenvalue weighted by atomic mass is 10.0. The van der Waals surface area contributed by atoms with Crippen molar-refractivity contribution in [3.63, 3.8) is 0 Å². The third kappa shape index (κ3) is 6.04. The van der Waals surface area contributed by atoms with Gasteiger partial charge in [-0.05, 0) is 32.2 Å². The first-order valence-corrected chi connectivity index (χ1v) is 7.00. The number of hydrogen-bond acceptors (Lipinski definition) is 4. The van der Waals surface area contributed by atoms with Gasteiger partial charge in [-0.3, -0.25) is 4.98 Å². The molecule has 2 heterocycles. The molecule has 1 unspecified atom stereocenters. The van der Waals surface area contributed by atoms with E-state index in [-0.39, 0.29) is 12.4 Å². The number of nitrogens with zero attached hydrogens (tertiary/aromatic N) is 2. The van der Waals surface area contributed by atoms with E-state index in [1.54, 1.807) is 12.4 Å². The number of aromatic nitrogens is 2. The van der Waals surface area contributed by atoms with Gasteiger partial charge in [0.25, 0.3) is 0 Å². The second-order valence-electron chi connectivity index (χ2n) is 4.64. The Kier molecular flexibility index (Phi) is 8.30. The zero-order valence-corrected chi connectivity index (χ0v) is 12.6. The molecule has 0 bridgehead atoms. The second-order valence-corrected chi connectivity index (χ2v) is 4.99. The maximum Gasteiger partial charge on any atom is 0.152 e. The molecule has 0 amide bonds. The first-order chi connectivity index (χ1) is 8.86. The Morgan fingerprint density at radius 3 is 2.89 bits per heavy atom. The van der Waals surface area contributed by atoms with Gasteiger partial charge in [-0.25, -0.2) is 4.98 Å². The molecule has 0 aliphatic carbocycles. The van der Waals surface area contributed by atoms with Crippen molar-refractivity contribution in [1.29, 1.82) is 0 Å². The Morgan fingerprint density at radius 1 is 1.32 bits per heavy atom. The first kappa shape index (κ1) is 16.6. The normalized spacial score (nSPS) is 18.9. The van der Waals surface area contributed by atoms with Crippen molar-refractivity contribution in [2.75, 3.05) is 13.2 Å². The minimum atomic E-state index is 0. The summed E-state index contributed by atoms with van der Waals surface area (Å²) in [5.41, 5.74) is 0.718. The van der Waals surface area contributed by atoms with E-state index in [1.807, 2.05) is 0 Å². The number of piperidine rings is 1.